The maximum atomic E-state index is 12.3. The topological polar surface area (TPSA) is 102 Å². The molecule has 0 unspecified atom stereocenters. The summed E-state index contributed by atoms with van der Waals surface area (Å²) in [7, 11) is -3.21. The highest BCUT2D eigenvalue weighted by atomic mass is 32.2. The molecule has 1 aromatic rings. The van der Waals surface area contributed by atoms with Crippen LogP contribution in [0.5, 0.6) is 0 Å². The molecule has 1 N–H and O–H groups in total. The number of benzene rings is 1. The van der Waals surface area contributed by atoms with Gasteiger partial charge in [-0.05, 0) is 31.0 Å². The molecule has 1 atom stereocenters. The predicted octanol–water partition coefficient (Wildman–Crippen LogP) is 0.182. The molecule has 1 fully saturated rings. The van der Waals surface area contributed by atoms with Gasteiger partial charge in [-0.3, -0.25) is 4.79 Å². The Bertz CT molecular complexity index is 726. The van der Waals surface area contributed by atoms with Crippen molar-refractivity contribution in [1.29, 1.82) is 0 Å². The van der Waals surface area contributed by atoms with Gasteiger partial charge in [0.25, 0.3) is 5.91 Å². The number of carbonyl (C=O) groups excluding carboxylic acids is 2. The summed E-state index contributed by atoms with van der Waals surface area (Å²) in [4.78, 5) is 26.1. The van der Waals surface area contributed by atoms with E-state index in [1.165, 1.54) is 0 Å². The number of esters is 1. The highest BCUT2D eigenvalue weighted by molar-refractivity contribution is 7.88. The average molecular weight is 384 g/mol. The van der Waals surface area contributed by atoms with Crippen molar-refractivity contribution < 1.29 is 27.5 Å². The lowest BCUT2D eigenvalue weighted by molar-refractivity contribution is -0.143. The maximum Gasteiger partial charge on any atom is 0.338 e. The largest absolute Gasteiger partial charge is 0.449 e. The molecule has 8 nitrogen and oxygen atoms in total. The van der Waals surface area contributed by atoms with Gasteiger partial charge in [0.15, 0.2) is 6.10 Å². The van der Waals surface area contributed by atoms with Gasteiger partial charge in [-0.1, -0.05) is 12.1 Å². The molecule has 9 heteroatoms. The molecule has 0 bridgehead atoms. The van der Waals surface area contributed by atoms with Crippen molar-refractivity contribution in [3.05, 3.63) is 35.4 Å². The Hall–Kier alpha value is -1.97. The van der Waals surface area contributed by atoms with E-state index in [1.54, 1.807) is 36.1 Å². The Balaban J connectivity index is 1.85. The van der Waals surface area contributed by atoms with E-state index in [-0.39, 0.29) is 12.5 Å². The first-order valence-corrected chi connectivity index (χ1v) is 10.3. The summed E-state index contributed by atoms with van der Waals surface area (Å²) in [6.07, 6.45) is 0.749. The molecule has 1 aromatic carbocycles. The number of morpholine rings is 1. The van der Waals surface area contributed by atoms with Gasteiger partial charge in [-0.15, -0.1) is 0 Å². The minimum atomic E-state index is -3.21. The van der Waals surface area contributed by atoms with Crippen molar-refractivity contribution in [2.75, 3.05) is 39.1 Å². The molecule has 0 aliphatic carbocycles. The first-order chi connectivity index (χ1) is 12.3. The fourth-order valence-corrected chi connectivity index (χ4v) is 2.98. The molecule has 144 valence electrons. The van der Waals surface area contributed by atoms with Crippen LogP contribution >= 0.6 is 0 Å². The van der Waals surface area contributed by atoms with Crippen LogP contribution in [-0.4, -0.2) is 70.4 Å². The molecule has 0 radical (unpaired) electrons. The van der Waals surface area contributed by atoms with Crippen LogP contribution in [0.3, 0.4) is 0 Å². The van der Waals surface area contributed by atoms with E-state index in [1.807, 2.05) is 0 Å². The number of nitrogens with one attached hydrogen (secondary N) is 1. The molecule has 0 aromatic heterocycles. The van der Waals surface area contributed by atoms with E-state index in [4.69, 9.17) is 9.47 Å². The van der Waals surface area contributed by atoms with Gasteiger partial charge >= 0.3 is 5.97 Å². The second-order valence-electron chi connectivity index (χ2n) is 6.10. The second kappa shape index (κ2) is 9.11. The fraction of sp³-hybridized carbons (Fsp3) is 0.529. The minimum absolute atomic E-state index is 0.231. The Morgan fingerprint density at radius 3 is 2.42 bits per heavy atom. The molecule has 0 saturated carbocycles. The number of sulfonamides is 1. The molecular formula is C17H24N2O6S. The Labute approximate surface area is 153 Å². The van der Waals surface area contributed by atoms with E-state index < -0.39 is 22.1 Å². The molecule has 26 heavy (non-hydrogen) atoms. The fourth-order valence-electron chi connectivity index (χ4n) is 2.51. The average Bonchev–Trinajstić information content (AvgIpc) is 2.61. The second-order valence-corrected chi connectivity index (χ2v) is 7.93. The highest BCUT2D eigenvalue weighted by Gasteiger charge is 2.25. The van der Waals surface area contributed by atoms with Gasteiger partial charge < -0.3 is 14.4 Å². The number of carbonyl (C=O) groups is 2. The van der Waals surface area contributed by atoms with Gasteiger partial charge in [-0.2, -0.15) is 0 Å². The van der Waals surface area contributed by atoms with Gasteiger partial charge in [-0.25, -0.2) is 17.9 Å². The third kappa shape index (κ3) is 6.40. The Morgan fingerprint density at radius 2 is 1.85 bits per heavy atom. The number of amides is 1. The van der Waals surface area contributed by atoms with E-state index in [0.717, 1.165) is 11.8 Å². The summed E-state index contributed by atoms with van der Waals surface area (Å²) in [5, 5.41) is 0. The molecule has 1 saturated heterocycles. The molecule has 0 spiro atoms. The first kappa shape index (κ1) is 20.3. The number of rotatable bonds is 7. The molecule has 2 rings (SSSR count). The number of hydrogen-bond donors (Lipinski definition) is 1. The van der Waals surface area contributed by atoms with Crippen LogP contribution in [0.2, 0.25) is 0 Å². The molecule has 1 amide bonds. The summed E-state index contributed by atoms with van der Waals surface area (Å²) < 4.78 is 34.9. The number of ether oxygens (including phenoxy) is 2. The van der Waals surface area contributed by atoms with Crippen molar-refractivity contribution in [1.82, 2.24) is 9.62 Å². The highest BCUT2D eigenvalue weighted by Crippen LogP contribution is 2.10. The third-order valence-electron chi connectivity index (χ3n) is 3.92. The van der Waals surface area contributed by atoms with Crippen LogP contribution in [0.1, 0.15) is 22.8 Å². The summed E-state index contributed by atoms with van der Waals surface area (Å²) in [5.74, 6) is -0.801. The molecule has 1 aliphatic heterocycles. The number of nitrogens with zero attached hydrogens (tertiary/aromatic N) is 1. The Kier molecular flexibility index (Phi) is 7.13. The van der Waals surface area contributed by atoms with Crippen molar-refractivity contribution >= 4 is 21.9 Å². The first-order valence-electron chi connectivity index (χ1n) is 8.37. The zero-order valence-electron chi connectivity index (χ0n) is 14.9. The van der Waals surface area contributed by atoms with Crippen LogP contribution < -0.4 is 4.72 Å². The number of hydrogen-bond acceptors (Lipinski definition) is 6. The SMILES string of the molecule is C[C@@H](OC(=O)c1ccc(CCNS(C)(=O)=O)cc1)C(=O)N1CCOCC1. The van der Waals surface area contributed by atoms with Crippen molar-refractivity contribution in [2.24, 2.45) is 0 Å². The lowest BCUT2D eigenvalue weighted by Crippen LogP contribution is -2.46. The van der Waals surface area contributed by atoms with E-state index >= 15 is 0 Å². The van der Waals surface area contributed by atoms with Gasteiger partial charge in [0.2, 0.25) is 10.0 Å². The zero-order chi connectivity index (χ0) is 19.2. The normalized spacial score (nSPS) is 16.2. The Morgan fingerprint density at radius 1 is 1.23 bits per heavy atom. The lowest BCUT2D eigenvalue weighted by Gasteiger charge is -2.28. The van der Waals surface area contributed by atoms with Crippen LogP contribution in [0.4, 0.5) is 0 Å². The van der Waals surface area contributed by atoms with Crippen LogP contribution in [0.15, 0.2) is 24.3 Å². The summed E-state index contributed by atoms with van der Waals surface area (Å²) in [5.41, 5.74) is 1.22. The van der Waals surface area contributed by atoms with Gasteiger partial charge in [0.1, 0.15) is 0 Å². The predicted molar refractivity (Wildman–Crippen MR) is 95.3 cm³/mol. The van der Waals surface area contributed by atoms with Crippen LogP contribution in [0.25, 0.3) is 0 Å². The minimum Gasteiger partial charge on any atom is -0.449 e. The zero-order valence-corrected chi connectivity index (χ0v) is 15.8. The molecular weight excluding hydrogens is 360 g/mol. The van der Waals surface area contributed by atoms with Gasteiger partial charge in [0.05, 0.1) is 25.0 Å². The summed E-state index contributed by atoms with van der Waals surface area (Å²) in [6.45, 7) is 3.81. The van der Waals surface area contributed by atoms with Crippen LogP contribution in [0, 0.1) is 0 Å². The van der Waals surface area contributed by atoms with E-state index in [9.17, 15) is 18.0 Å². The van der Waals surface area contributed by atoms with Crippen molar-refractivity contribution in [3.63, 3.8) is 0 Å². The maximum absolute atomic E-state index is 12.3. The smallest absolute Gasteiger partial charge is 0.338 e. The van der Waals surface area contributed by atoms with Crippen molar-refractivity contribution in [3.8, 4) is 0 Å². The standard InChI is InChI=1S/C17H24N2O6S/c1-13(16(20)19-9-11-24-12-10-19)25-17(21)15-5-3-14(4-6-15)7-8-18-26(2,22)23/h3-6,13,18H,7-12H2,1-2H3/t13-/m1/s1. The molecule has 1 aliphatic rings. The van der Waals surface area contributed by atoms with E-state index in [0.29, 0.717) is 38.3 Å². The van der Waals surface area contributed by atoms with E-state index in [2.05, 4.69) is 4.72 Å². The van der Waals surface area contributed by atoms with Crippen molar-refractivity contribution in [2.45, 2.75) is 19.4 Å². The van der Waals surface area contributed by atoms with Gasteiger partial charge in [0, 0.05) is 19.6 Å². The monoisotopic (exact) mass is 384 g/mol. The molecule has 1 heterocycles. The third-order valence-corrected chi connectivity index (χ3v) is 4.65. The quantitative estimate of drug-likeness (QED) is 0.673. The van der Waals surface area contributed by atoms with Crippen LogP contribution in [-0.2, 0) is 30.7 Å². The lowest BCUT2D eigenvalue weighted by atomic mass is 10.1. The summed E-state index contributed by atoms with van der Waals surface area (Å²) >= 11 is 0. The summed E-state index contributed by atoms with van der Waals surface area (Å²) in [6, 6.07) is 6.66.